The van der Waals surface area contributed by atoms with Gasteiger partial charge in [-0.1, -0.05) is 28.6 Å². The van der Waals surface area contributed by atoms with Crippen molar-refractivity contribution < 1.29 is 4.79 Å². The summed E-state index contributed by atoms with van der Waals surface area (Å²) in [5, 5.41) is 2.57. The molecule has 0 aliphatic heterocycles. The fourth-order valence-corrected chi connectivity index (χ4v) is 0.918. The van der Waals surface area contributed by atoms with E-state index >= 15 is 0 Å². The molecule has 0 bridgehead atoms. The van der Waals surface area contributed by atoms with Crippen molar-refractivity contribution in [2.75, 3.05) is 12.0 Å². The van der Waals surface area contributed by atoms with Gasteiger partial charge in [0.25, 0.3) is 0 Å². The molecule has 0 fully saturated rings. The lowest BCUT2D eigenvalue weighted by Gasteiger charge is -2.08. The number of carbonyl (C=O) groups excluding carboxylic acids is 1. The van der Waals surface area contributed by atoms with Crippen LogP contribution in [0.4, 0.5) is 10.6 Å². The molecule has 1 aromatic rings. The van der Waals surface area contributed by atoms with Crippen molar-refractivity contribution >= 4 is 27.8 Å². The van der Waals surface area contributed by atoms with E-state index in [0.717, 1.165) is 0 Å². The number of nitrogens with one attached hydrogen (secondary N) is 3. The van der Waals surface area contributed by atoms with Crippen LogP contribution in [-0.4, -0.2) is 17.6 Å². The number of urea groups is 1. The van der Waals surface area contributed by atoms with Crippen LogP contribution in [0.2, 0.25) is 0 Å². The van der Waals surface area contributed by atoms with Crippen molar-refractivity contribution in [3.05, 3.63) is 35.5 Å². The molecule has 5 nitrogen and oxygen atoms in total. The van der Waals surface area contributed by atoms with E-state index in [9.17, 15) is 4.79 Å². The van der Waals surface area contributed by atoms with E-state index in [4.69, 9.17) is 0 Å². The van der Waals surface area contributed by atoms with Gasteiger partial charge >= 0.3 is 6.03 Å². The maximum Gasteiger partial charge on any atom is 0.333 e. The molecule has 0 saturated carbocycles. The van der Waals surface area contributed by atoms with E-state index in [1.807, 2.05) is 6.07 Å². The largest absolute Gasteiger partial charge is 0.333 e. The third kappa shape index (κ3) is 5.02. The number of halogens is 1. The van der Waals surface area contributed by atoms with E-state index in [0.29, 0.717) is 16.8 Å². The molecule has 0 atom stereocenters. The number of hydrogen-bond acceptors (Lipinski definition) is 3. The summed E-state index contributed by atoms with van der Waals surface area (Å²) in [6.07, 6.45) is 1.63. The van der Waals surface area contributed by atoms with Crippen LogP contribution < -0.4 is 16.2 Å². The Morgan fingerprint density at radius 3 is 2.93 bits per heavy atom. The molecule has 6 heteroatoms. The van der Waals surface area contributed by atoms with Crippen LogP contribution >= 0.6 is 15.9 Å². The van der Waals surface area contributed by atoms with Gasteiger partial charge in [0.05, 0.1) is 6.54 Å². The number of anilines is 1. The van der Waals surface area contributed by atoms with Crippen molar-refractivity contribution in [3.63, 3.8) is 0 Å². The molecule has 80 valence electrons. The van der Waals surface area contributed by atoms with E-state index in [1.54, 1.807) is 18.3 Å². The number of rotatable bonds is 4. The van der Waals surface area contributed by atoms with Crippen LogP contribution in [0.5, 0.6) is 0 Å². The Kier molecular flexibility index (Phi) is 4.62. The second kappa shape index (κ2) is 6.02. The number of pyridine rings is 1. The Morgan fingerprint density at radius 1 is 1.53 bits per heavy atom. The lowest BCUT2D eigenvalue weighted by Crippen LogP contribution is -2.39. The van der Waals surface area contributed by atoms with Crippen molar-refractivity contribution in [3.8, 4) is 0 Å². The molecule has 1 rings (SSSR count). The summed E-state index contributed by atoms with van der Waals surface area (Å²) in [7, 11) is 0. The van der Waals surface area contributed by atoms with E-state index < -0.39 is 0 Å². The Bertz CT molecular complexity index is 341. The molecule has 0 spiro atoms. The Balaban J connectivity index is 2.26. The van der Waals surface area contributed by atoms with Gasteiger partial charge in [-0.3, -0.25) is 10.9 Å². The van der Waals surface area contributed by atoms with Gasteiger partial charge in [-0.15, -0.1) is 0 Å². The smallest absolute Gasteiger partial charge is 0.332 e. The average Bonchev–Trinajstić information content (AvgIpc) is 2.25. The molecule has 0 unspecified atom stereocenters. The van der Waals surface area contributed by atoms with Gasteiger partial charge in [0.1, 0.15) is 5.82 Å². The van der Waals surface area contributed by atoms with E-state index in [-0.39, 0.29) is 6.03 Å². The summed E-state index contributed by atoms with van der Waals surface area (Å²) >= 11 is 3.13. The van der Waals surface area contributed by atoms with Crippen molar-refractivity contribution in [1.29, 1.82) is 0 Å². The standard InChI is InChI=1S/C9H11BrN4O/c1-7(10)6-12-9(15)14-13-8-4-2-3-5-11-8/h2-5H,1,6H2,(H,11,13)(H2,12,14,15). The topological polar surface area (TPSA) is 66.1 Å². The highest BCUT2D eigenvalue weighted by Crippen LogP contribution is 1.97. The first-order valence-electron chi connectivity index (χ1n) is 4.22. The molecule has 0 aliphatic rings. The zero-order valence-corrected chi connectivity index (χ0v) is 9.54. The van der Waals surface area contributed by atoms with Gasteiger partial charge in [-0.25, -0.2) is 9.78 Å². The predicted molar refractivity (Wildman–Crippen MR) is 62.5 cm³/mol. The number of aromatic nitrogens is 1. The fourth-order valence-electron chi connectivity index (χ4n) is 0.778. The lowest BCUT2D eigenvalue weighted by atomic mass is 10.5. The van der Waals surface area contributed by atoms with Crippen LogP contribution in [0.25, 0.3) is 0 Å². The molecule has 3 N–H and O–H groups in total. The SMILES string of the molecule is C=C(Br)CNC(=O)NNc1ccccn1. The normalized spacial score (nSPS) is 9.13. The van der Waals surface area contributed by atoms with Crippen LogP contribution in [0.3, 0.4) is 0 Å². The summed E-state index contributed by atoms with van der Waals surface area (Å²) in [5.41, 5.74) is 5.08. The van der Waals surface area contributed by atoms with Gasteiger partial charge in [0.2, 0.25) is 0 Å². The zero-order chi connectivity index (χ0) is 11.1. The number of amides is 2. The first kappa shape index (κ1) is 11.5. The minimum atomic E-state index is -0.346. The maximum absolute atomic E-state index is 11.1. The molecule has 1 aromatic heterocycles. The highest BCUT2D eigenvalue weighted by Gasteiger charge is 1.98. The first-order valence-corrected chi connectivity index (χ1v) is 5.02. The fraction of sp³-hybridized carbons (Fsp3) is 0.111. The van der Waals surface area contributed by atoms with Gasteiger partial charge < -0.3 is 5.32 Å². The van der Waals surface area contributed by atoms with Gasteiger partial charge in [-0.2, -0.15) is 0 Å². The second-order valence-corrected chi connectivity index (χ2v) is 3.79. The zero-order valence-electron chi connectivity index (χ0n) is 7.96. The summed E-state index contributed by atoms with van der Waals surface area (Å²) in [4.78, 5) is 15.1. The van der Waals surface area contributed by atoms with Crippen molar-refractivity contribution in [2.24, 2.45) is 0 Å². The van der Waals surface area contributed by atoms with Crippen LogP contribution in [0.1, 0.15) is 0 Å². The lowest BCUT2D eigenvalue weighted by molar-refractivity contribution is 0.243. The molecule has 0 aromatic carbocycles. The molecule has 1 heterocycles. The number of carbonyl (C=O) groups is 1. The summed E-state index contributed by atoms with van der Waals surface area (Å²) in [6, 6.07) is 5.00. The Hall–Kier alpha value is -1.56. The third-order valence-electron chi connectivity index (χ3n) is 1.41. The quantitative estimate of drug-likeness (QED) is 0.729. The maximum atomic E-state index is 11.1. The predicted octanol–water partition coefficient (Wildman–Crippen LogP) is 1.62. The van der Waals surface area contributed by atoms with E-state index in [2.05, 4.69) is 43.7 Å². The Morgan fingerprint density at radius 2 is 2.33 bits per heavy atom. The monoisotopic (exact) mass is 270 g/mol. The van der Waals surface area contributed by atoms with Gasteiger partial charge in [0, 0.05) is 10.7 Å². The average molecular weight is 271 g/mol. The van der Waals surface area contributed by atoms with Gasteiger partial charge in [-0.05, 0) is 12.1 Å². The van der Waals surface area contributed by atoms with Crippen molar-refractivity contribution in [1.82, 2.24) is 15.7 Å². The third-order valence-corrected chi connectivity index (χ3v) is 1.69. The van der Waals surface area contributed by atoms with Gasteiger partial charge in [0.15, 0.2) is 0 Å². The highest BCUT2D eigenvalue weighted by molar-refractivity contribution is 9.11. The molecule has 0 aliphatic carbocycles. The molecule has 2 amide bonds. The molecular formula is C9H11BrN4O. The number of hydrazine groups is 1. The van der Waals surface area contributed by atoms with Crippen LogP contribution in [0, 0.1) is 0 Å². The first-order chi connectivity index (χ1) is 7.18. The molecule has 15 heavy (non-hydrogen) atoms. The second-order valence-electron chi connectivity index (χ2n) is 2.66. The minimum absolute atomic E-state index is 0.346. The summed E-state index contributed by atoms with van der Waals surface area (Å²) < 4.78 is 0.704. The highest BCUT2D eigenvalue weighted by atomic mass is 79.9. The summed E-state index contributed by atoms with van der Waals surface area (Å²) in [6.45, 7) is 3.96. The van der Waals surface area contributed by atoms with Crippen LogP contribution in [0.15, 0.2) is 35.5 Å². The van der Waals surface area contributed by atoms with E-state index in [1.165, 1.54) is 0 Å². The van der Waals surface area contributed by atoms with Crippen molar-refractivity contribution in [2.45, 2.75) is 0 Å². The minimum Gasteiger partial charge on any atom is -0.332 e. The Labute approximate surface area is 96.1 Å². The number of hydrogen-bond donors (Lipinski definition) is 3. The number of nitrogens with zero attached hydrogens (tertiary/aromatic N) is 1. The molecule has 0 radical (unpaired) electrons. The molecular weight excluding hydrogens is 260 g/mol. The molecule has 0 saturated heterocycles. The summed E-state index contributed by atoms with van der Waals surface area (Å²) in [5.74, 6) is 0.574. The van der Waals surface area contributed by atoms with Crippen LogP contribution in [-0.2, 0) is 0 Å².